The lowest BCUT2D eigenvalue weighted by atomic mass is 10.1. The highest BCUT2D eigenvalue weighted by atomic mass is 16.4. The Bertz CT molecular complexity index is 1560. The van der Waals surface area contributed by atoms with Crippen LogP contribution in [0.4, 0.5) is 17.2 Å². The van der Waals surface area contributed by atoms with Crippen molar-refractivity contribution in [1.29, 1.82) is 0 Å². The molecule has 1 aromatic heterocycles. The van der Waals surface area contributed by atoms with Crippen LogP contribution in [0.3, 0.4) is 0 Å². The molecule has 2 heterocycles. The zero-order valence-corrected chi connectivity index (χ0v) is 25.7. The number of azo groups is 1. The molecule has 250 valence electrons. The average molecular weight is 651 g/mol. The lowest BCUT2D eigenvalue weighted by molar-refractivity contribution is -0.140. The van der Waals surface area contributed by atoms with Crippen LogP contribution in [0.5, 0.6) is 5.75 Å². The van der Waals surface area contributed by atoms with Gasteiger partial charge in [-0.2, -0.15) is 0 Å². The molecule has 16 heteroatoms. The number of hydrogen-bond donors (Lipinski definition) is 5. The van der Waals surface area contributed by atoms with E-state index in [0.717, 1.165) is 0 Å². The topological polar surface area (TPSA) is 212 Å². The van der Waals surface area contributed by atoms with Gasteiger partial charge in [-0.05, 0) is 30.3 Å². The molecule has 1 aliphatic heterocycles. The number of aromatic nitrogens is 1. The van der Waals surface area contributed by atoms with Crippen molar-refractivity contribution in [3.05, 3.63) is 54.7 Å². The predicted molar refractivity (Wildman–Crippen MR) is 171 cm³/mol. The van der Waals surface area contributed by atoms with E-state index >= 15 is 0 Å². The van der Waals surface area contributed by atoms with Crippen molar-refractivity contribution in [3.8, 4) is 5.75 Å². The molecule has 5 N–H and O–H groups in total. The second kappa shape index (κ2) is 17.0. The van der Waals surface area contributed by atoms with Gasteiger partial charge in [0.15, 0.2) is 5.82 Å². The molecule has 0 atom stereocenters. The average Bonchev–Trinajstić information content (AvgIpc) is 3.01. The van der Waals surface area contributed by atoms with Gasteiger partial charge >= 0.3 is 17.9 Å². The maximum atomic E-state index is 13.4. The van der Waals surface area contributed by atoms with Gasteiger partial charge in [0.1, 0.15) is 11.4 Å². The summed E-state index contributed by atoms with van der Waals surface area (Å²) in [5, 5.41) is 51.2. The van der Waals surface area contributed by atoms with Crippen molar-refractivity contribution in [3.63, 3.8) is 0 Å². The Labute approximate surface area is 270 Å². The first kappa shape index (κ1) is 34.8. The number of fused-ring (bicyclic) bond motifs is 1. The third kappa shape index (κ3) is 11.1. The molecule has 4 rings (SSSR count). The lowest BCUT2D eigenvalue weighted by Crippen LogP contribution is -2.49. The Hall–Kier alpha value is -5.03. The van der Waals surface area contributed by atoms with Gasteiger partial charge in [-0.25, -0.2) is 4.98 Å². The number of carboxylic acids is 3. The molecule has 1 aliphatic rings. The molecular weight excluding hydrogens is 612 g/mol. The van der Waals surface area contributed by atoms with E-state index in [-0.39, 0.29) is 82.8 Å². The van der Waals surface area contributed by atoms with E-state index in [1.54, 1.807) is 63.4 Å². The van der Waals surface area contributed by atoms with Crippen molar-refractivity contribution >= 4 is 51.8 Å². The van der Waals surface area contributed by atoms with Gasteiger partial charge in [-0.1, -0.05) is 18.2 Å². The number of rotatable bonds is 11. The molecule has 0 spiro atoms. The number of aromatic hydroxyl groups is 1. The van der Waals surface area contributed by atoms with Gasteiger partial charge < -0.3 is 25.7 Å². The molecule has 3 aromatic rings. The number of carbonyl (C=O) groups excluding carboxylic acids is 1. The number of nitrogens with zero attached hydrogens (tertiary/aromatic N) is 7. The molecule has 47 heavy (non-hydrogen) atoms. The zero-order valence-electron chi connectivity index (χ0n) is 25.7. The summed E-state index contributed by atoms with van der Waals surface area (Å²) in [4.78, 5) is 58.9. The number of amides is 1. The van der Waals surface area contributed by atoms with E-state index < -0.39 is 17.9 Å². The highest BCUT2D eigenvalue weighted by Gasteiger charge is 2.21. The van der Waals surface area contributed by atoms with E-state index in [9.17, 15) is 39.6 Å². The molecule has 1 amide bonds. The number of nitrogens with one attached hydrogen (secondary N) is 1. The highest BCUT2D eigenvalue weighted by molar-refractivity contribution is 6.07. The third-order valence-electron chi connectivity index (χ3n) is 7.56. The van der Waals surface area contributed by atoms with E-state index in [1.165, 1.54) is 6.07 Å². The van der Waals surface area contributed by atoms with Crippen LogP contribution >= 0.6 is 0 Å². The number of benzene rings is 2. The number of carboxylic acid groups (broad SMARTS) is 3. The monoisotopic (exact) mass is 650 g/mol. The second-order valence-corrected chi connectivity index (χ2v) is 11.1. The summed E-state index contributed by atoms with van der Waals surface area (Å²) in [7, 11) is 0. The molecule has 2 aromatic carbocycles. The fourth-order valence-electron chi connectivity index (χ4n) is 5.24. The second-order valence-electron chi connectivity index (χ2n) is 11.1. The first-order valence-corrected chi connectivity index (χ1v) is 15.0. The summed E-state index contributed by atoms with van der Waals surface area (Å²) < 4.78 is 0. The summed E-state index contributed by atoms with van der Waals surface area (Å²) in [6, 6.07) is 13.5. The number of anilines is 1. The Balaban J connectivity index is 1.51. The molecule has 0 saturated carbocycles. The Morgan fingerprint density at radius 1 is 0.638 bits per heavy atom. The summed E-state index contributed by atoms with van der Waals surface area (Å²) in [6.45, 7) is 1.48. The van der Waals surface area contributed by atoms with Crippen LogP contribution in [0, 0.1) is 0 Å². The first-order chi connectivity index (χ1) is 22.6. The summed E-state index contributed by atoms with van der Waals surface area (Å²) >= 11 is 0. The van der Waals surface area contributed by atoms with Crippen molar-refractivity contribution in [2.24, 2.45) is 10.2 Å². The quantitative estimate of drug-likeness (QED) is 0.188. The lowest BCUT2D eigenvalue weighted by Gasteiger charge is -2.32. The van der Waals surface area contributed by atoms with Gasteiger partial charge in [0.25, 0.3) is 0 Å². The van der Waals surface area contributed by atoms with Gasteiger partial charge in [0.2, 0.25) is 5.91 Å². The minimum Gasteiger partial charge on any atom is -0.506 e. The number of hydrogen-bond acceptors (Lipinski definition) is 12. The fourth-order valence-corrected chi connectivity index (χ4v) is 5.24. The van der Waals surface area contributed by atoms with Crippen LogP contribution in [0.25, 0.3) is 10.8 Å². The molecule has 16 nitrogen and oxygen atoms in total. The highest BCUT2D eigenvalue weighted by Crippen LogP contribution is 2.38. The third-order valence-corrected chi connectivity index (χ3v) is 7.56. The number of phenols is 1. The first-order valence-electron chi connectivity index (χ1n) is 15.0. The van der Waals surface area contributed by atoms with E-state index in [1.807, 2.05) is 4.90 Å². The van der Waals surface area contributed by atoms with Gasteiger partial charge in [-0.3, -0.25) is 38.8 Å². The summed E-state index contributed by atoms with van der Waals surface area (Å²) in [5.41, 5.74) is 0.695. The number of pyridine rings is 1. The number of aliphatic carboxylic acids is 3. The summed E-state index contributed by atoms with van der Waals surface area (Å²) in [6.07, 6.45) is 1.58. The molecule has 1 saturated heterocycles. The van der Waals surface area contributed by atoms with Crippen LogP contribution in [0.15, 0.2) is 65.0 Å². The standard InChI is InChI=1S/C31H38N8O8/c40-25-8-7-22-23(31(25)35-34-26-6-1-2-9-32-26)4-3-5-24(22)33-27(41)18-36-10-12-37(19-28(42)43)14-16-39(21-30(46)47)17-15-38(13-11-36)20-29(44)45/h1-9,40H,10-21H2,(H,33,41)(H,42,43)(H,44,45)(H,46,47). The van der Waals surface area contributed by atoms with Gasteiger partial charge in [-0.15, -0.1) is 10.2 Å². The number of phenolic OH excluding ortho intramolecular Hbond substituents is 1. The normalized spacial score (nSPS) is 16.4. The van der Waals surface area contributed by atoms with Gasteiger partial charge in [0, 0.05) is 75.0 Å². The van der Waals surface area contributed by atoms with Crippen LogP contribution in [-0.2, 0) is 19.2 Å². The maximum Gasteiger partial charge on any atom is 0.317 e. The molecule has 0 unspecified atom stereocenters. The molecule has 0 aliphatic carbocycles. The molecule has 1 fully saturated rings. The predicted octanol–water partition coefficient (Wildman–Crippen LogP) is 1.77. The molecular formula is C31H38N8O8. The largest absolute Gasteiger partial charge is 0.506 e. The van der Waals surface area contributed by atoms with Crippen molar-refractivity contribution in [1.82, 2.24) is 24.6 Å². The van der Waals surface area contributed by atoms with E-state index in [4.69, 9.17) is 0 Å². The number of carbonyl (C=O) groups is 4. The van der Waals surface area contributed by atoms with Crippen molar-refractivity contribution in [2.45, 2.75) is 0 Å². The smallest absolute Gasteiger partial charge is 0.317 e. The van der Waals surface area contributed by atoms with Crippen molar-refractivity contribution < 1.29 is 39.6 Å². The van der Waals surface area contributed by atoms with Crippen LogP contribution in [0.2, 0.25) is 0 Å². The molecule has 0 bridgehead atoms. The van der Waals surface area contributed by atoms with E-state index in [0.29, 0.717) is 35.4 Å². The minimum atomic E-state index is -1.03. The Morgan fingerprint density at radius 2 is 1.17 bits per heavy atom. The Morgan fingerprint density at radius 3 is 1.66 bits per heavy atom. The van der Waals surface area contributed by atoms with Gasteiger partial charge in [0.05, 0.1) is 26.2 Å². The maximum absolute atomic E-state index is 13.4. The fraction of sp³-hybridized carbons (Fsp3) is 0.387. The zero-order chi connectivity index (χ0) is 33.8. The van der Waals surface area contributed by atoms with Crippen LogP contribution < -0.4 is 5.32 Å². The van der Waals surface area contributed by atoms with Crippen LogP contribution in [-0.4, -0.2) is 147 Å². The van der Waals surface area contributed by atoms with E-state index in [2.05, 4.69) is 20.5 Å². The SMILES string of the molecule is O=C(O)CN1CCN(CC(=O)O)CCN(CC(=O)Nc2cccc3c(N=Nc4ccccn4)c(O)ccc23)CCN(CC(=O)O)CC1. The van der Waals surface area contributed by atoms with Crippen molar-refractivity contribution in [2.75, 3.05) is 83.9 Å². The minimum absolute atomic E-state index is 0.0618. The van der Waals surface area contributed by atoms with Crippen LogP contribution in [0.1, 0.15) is 0 Å². The Kier molecular flexibility index (Phi) is 12.6. The summed E-state index contributed by atoms with van der Waals surface area (Å²) in [5.74, 6) is -3.17. The molecule has 0 radical (unpaired) electrons.